The van der Waals surface area contributed by atoms with Crippen molar-refractivity contribution in [3.05, 3.63) is 53.1 Å². The van der Waals surface area contributed by atoms with Crippen molar-refractivity contribution < 1.29 is 22.7 Å². The quantitative estimate of drug-likeness (QED) is 0.632. The van der Waals surface area contributed by atoms with Gasteiger partial charge < -0.3 is 14.8 Å². The smallest absolute Gasteiger partial charge is 0.244 e. The molecule has 0 spiro atoms. The van der Waals surface area contributed by atoms with Crippen LogP contribution in [0.2, 0.25) is 0 Å². The Labute approximate surface area is 185 Å². The third kappa shape index (κ3) is 5.70. The minimum atomic E-state index is -3.70. The molecule has 0 aliphatic carbocycles. The lowest BCUT2D eigenvalue weighted by atomic mass is 10.1. The maximum atomic E-state index is 13.2. The number of methoxy groups -OCH3 is 2. The largest absolute Gasteiger partial charge is 0.497 e. The Balaban J connectivity index is 2.39. The third-order valence-corrected chi connectivity index (χ3v) is 6.52. The van der Waals surface area contributed by atoms with Gasteiger partial charge in [-0.3, -0.25) is 9.10 Å². The maximum absolute atomic E-state index is 13.2. The summed E-state index contributed by atoms with van der Waals surface area (Å²) in [5, 5.41) is 2.94. The summed E-state index contributed by atoms with van der Waals surface area (Å²) < 4.78 is 37.3. The Morgan fingerprint density at radius 2 is 1.74 bits per heavy atom. The third-order valence-electron chi connectivity index (χ3n) is 5.34. The average Bonchev–Trinajstić information content (AvgIpc) is 2.72. The molecule has 0 fully saturated rings. The summed E-state index contributed by atoms with van der Waals surface area (Å²) in [5.41, 5.74) is 3.21. The Hall–Kier alpha value is -2.74. The van der Waals surface area contributed by atoms with Crippen LogP contribution in [-0.2, 0) is 14.8 Å². The summed E-state index contributed by atoms with van der Waals surface area (Å²) in [6.07, 6.45) is 1.43. The SMILES string of the molecule is CC[C@@H](C(=O)N[C@@H](C)c1cc(OC)ccc1OC)N(c1ccc(C)c(C)c1)S(C)(=O)=O. The number of nitrogens with one attached hydrogen (secondary N) is 1. The van der Waals surface area contributed by atoms with Crippen molar-refractivity contribution in [1.29, 1.82) is 0 Å². The number of anilines is 1. The van der Waals surface area contributed by atoms with Gasteiger partial charge in [-0.15, -0.1) is 0 Å². The number of hydrogen-bond acceptors (Lipinski definition) is 5. The molecule has 0 heterocycles. The van der Waals surface area contributed by atoms with E-state index in [1.807, 2.05) is 26.8 Å². The second-order valence-electron chi connectivity index (χ2n) is 7.59. The van der Waals surface area contributed by atoms with Crippen LogP contribution < -0.4 is 19.1 Å². The molecule has 2 atom stereocenters. The van der Waals surface area contributed by atoms with E-state index in [1.165, 1.54) is 4.31 Å². The number of benzene rings is 2. The number of nitrogens with zero attached hydrogens (tertiary/aromatic N) is 1. The number of sulfonamides is 1. The highest BCUT2D eigenvalue weighted by atomic mass is 32.2. The lowest BCUT2D eigenvalue weighted by molar-refractivity contribution is -0.122. The second-order valence-corrected chi connectivity index (χ2v) is 9.45. The number of amides is 1. The summed E-state index contributed by atoms with van der Waals surface area (Å²) in [6, 6.07) is 9.40. The van der Waals surface area contributed by atoms with E-state index < -0.39 is 22.1 Å². The molecular formula is C23H32N2O5S. The highest BCUT2D eigenvalue weighted by Gasteiger charge is 2.32. The van der Waals surface area contributed by atoms with Crippen molar-refractivity contribution >= 4 is 21.6 Å². The molecule has 0 aliphatic rings. The standard InChI is InChI=1S/C23H32N2O5S/c1-8-21(25(31(7,27)28)18-10-9-15(2)16(3)13-18)23(26)24-17(4)20-14-19(29-5)11-12-22(20)30-6/h9-14,17,21H,8H2,1-7H3,(H,24,26)/t17-,21-/m0/s1. The normalized spacial score (nSPS) is 13.3. The van der Waals surface area contributed by atoms with E-state index in [1.54, 1.807) is 51.5 Å². The van der Waals surface area contributed by atoms with Crippen molar-refractivity contribution in [3.8, 4) is 11.5 Å². The molecule has 1 N–H and O–H groups in total. The van der Waals surface area contributed by atoms with Crippen molar-refractivity contribution in [2.75, 3.05) is 24.8 Å². The molecule has 0 unspecified atom stereocenters. The summed E-state index contributed by atoms with van der Waals surface area (Å²) in [4.78, 5) is 13.2. The first-order chi connectivity index (χ1) is 14.5. The van der Waals surface area contributed by atoms with Crippen molar-refractivity contribution in [3.63, 3.8) is 0 Å². The fourth-order valence-electron chi connectivity index (χ4n) is 3.49. The van der Waals surface area contributed by atoms with Crippen LogP contribution >= 0.6 is 0 Å². The molecule has 0 radical (unpaired) electrons. The summed E-state index contributed by atoms with van der Waals surface area (Å²) >= 11 is 0. The molecule has 0 bridgehead atoms. The fraction of sp³-hybridized carbons (Fsp3) is 0.435. The molecular weight excluding hydrogens is 416 g/mol. The second kappa shape index (κ2) is 10.0. The monoisotopic (exact) mass is 448 g/mol. The van der Waals surface area contributed by atoms with Crippen LogP contribution in [0.5, 0.6) is 11.5 Å². The lowest BCUT2D eigenvalue weighted by Crippen LogP contribution is -2.49. The Morgan fingerprint density at radius 1 is 1.06 bits per heavy atom. The number of ether oxygens (including phenoxy) is 2. The van der Waals surface area contributed by atoms with Crippen LogP contribution in [0.3, 0.4) is 0 Å². The first kappa shape index (κ1) is 24.5. The van der Waals surface area contributed by atoms with Gasteiger partial charge in [0.25, 0.3) is 0 Å². The zero-order valence-corrected chi connectivity index (χ0v) is 20.0. The molecule has 0 saturated heterocycles. The Morgan fingerprint density at radius 3 is 2.26 bits per heavy atom. The highest BCUT2D eigenvalue weighted by Crippen LogP contribution is 2.30. The summed E-state index contributed by atoms with van der Waals surface area (Å²) in [5.74, 6) is 0.858. The summed E-state index contributed by atoms with van der Waals surface area (Å²) in [7, 11) is -0.580. The first-order valence-electron chi connectivity index (χ1n) is 10.1. The van der Waals surface area contributed by atoms with Crippen LogP contribution in [0, 0.1) is 13.8 Å². The highest BCUT2D eigenvalue weighted by molar-refractivity contribution is 7.92. The Kier molecular flexibility index (Phi) is 7.95. The van der Waals surface area contributed by atoms with Gasteiger partial charge in [0, 0.05) is 5.56 Å². The number of rotatable bonds is 9. The van der Waals surface area contributed by atoms with Crippen LogP contribution in [0.15, 0.2) is 36.4 Å². The zero-order chi connectivity index (χ0) is 23.3. The van der Waals surface area contributed by atoms with E-state index in [0.717, 1.165) is 22.9 Å². The maximum Gasteiger partial charge on any atom is 0.244 e. The minimum Gasteiger partial charge on any atom is -0.497 e. The van der Waals surface area contributed by atoms with Gasteiger partial charge in [-0.25, -0.2) is 8.42 Å². The molecule has 0 aromatic heterocycles. The molecule has 2 rings (SSSR count). The van der Waals surface area contributed by atoms with Gasteiger partial charge in [0.2, 0.25) is 15.9 Å². The number of carbonyl (C=O) groups is 1. The van der Waals surface area contributed by atoms with Crippen LogP contribution in [0.25, 0.3) is 0 Å². The van der Waals surface area contributed by atoms with E-state index in [4.69, 9.17) is 9.47 Å². The van der Waals surface area contributed by atoms with Gasteiger partial charge in [-0.2, -0.15) is 0 Å². The van der Waals surface area contributed by atoms with E-state index >= 15 is 0 Å². The topological polar surface area (TPSA) is 84.9 Å². The van der Waals surface area contributed by atoms with Gasteiger partial charge in [0.15, 0.2) is 0 Å². The van der Waals surface area contributed by atoms with Crippen LogP contribution in [0.4, 0.5) is 5.69 Å². The fourth-order valence-corrected chi connectivity index (χ4v) is 4.69. The van der Waals surface area contributed by atoms with Crippen LogP contribution in [0.1, 0.15) is 43.0 Å². The number of hydrogen-bond donors (Lipinski definition) is 1. The molecule has 1 amide bonds. The van der Waals surface area contributed by atoms with Crippen LogP contribution in [-0.4, -0.2) is 40.8 Å². The van der Waals surface area contributed by atoms with Gasteiger partial charge in [0.05, 0.1) is 32.2 Å². The molecule has 7 nitrogen and oxygen atoms in total. The molecule has 2 aromatic carbocycles. The van der Waals surface area contributed by atoms with E-state index in [0.29, 0.717) is 23.6 Å². The minimum absolute atomic E-state index is 0.313. The first-order valence-corrected chi connectivity index (χ1v) is 12.0. The molecule has 0 saturated carbocycles. The number of aryl methyl sites for hydroxylation is 2. The zero-order valence-electron chi connectivity index (χ0n) is 19.2. The van der Waals surface area contributed by atoms with Crippen molar-refractivity contribution in [2.24, 2.45) is 0 Å². The van der Waals surface area contributed by atoms with Gasteiger partial charge >= 0.3 is 0 Å². The van der Waals surface area contributed by atoms with E-state index in [9.17, 15) is 13.2 Å². The van der Waals surface area contributed by atoms with Crippen molar-refractivity contribution in [1.82, 2.24) is 5.32 Å². The molecule has 8 heteroatoms. The van der Waals surface area contributed by atoms with Gasteiger partial charge in [-0.1, -0.05) is 13.0 Å². The molecule has 0 aliphatic heterocycles. The summed E-state index contributed by atoms with van der Waals surface area (Å²) in [6.45, 7) is 7.48. The molecule has 2 aromatic rings. The predicted molar refractivity (Wildman–Crippen MR) is 123 cm³/mol. The van der Waals surface area contributed by atoms with E-state index in [-0.39, 0.29) is 5.91 Å². The Bertz CT molecular complexity index is 1040. The van der Waals surface area contributed by atoms with Gasteiger partial charge in [0.1, 0.15) is 17.5 Å². The lowest BCUT2D eigenvalue weighted by Gasteiger charge is -2.31. The van der Waals surface area contributed by atoms with Crippen molar-refractivity contribution in [2.45, 2.75) is 46.2 Å². The van der Waals surface area contributed by atoms with E-state index in [2.05, 4.69) is 5.32 Å². The van der Waals surface area contributed by atoms with Gasteiger partial charge in [-0.05, 0) is 68.7 Å². The predicted octanol–water partition coefficient (Wildman–Crippen LogP) is 3.74. The average molecular weight is 449 g/mol. The molecule has 170 valence electrons. The number of carbonyl (C=O) groups excluding carboxylic acids is 1. The molecule has 31 heavy (non-hydrogen) atoms.